The highest BCUT2D eigenvalue weighted by Crippen LogP contribution is 2.24. The summed E-state index contributed by atoms with van der Waals surface area (Å²) in [6, 6.07) is 4.69. The van der Waals surface area contributed by atoms with Crippen LogP contribution >= 0.6 is 0 Å². The molecule has 0 amide bonds. The van der Waals surface area contributed by atoms with Gasteiger partial charge in [-0.3, -0.25) is 14.9 Å². The summed E-state index contributed by atoms with van der Waals surface area (Å²) in [5.74, 6) is -0.461. The van der Waals surface area contributed by atoms with E-state index in [9.17, 15) is 20.0 Å². The summed E-state index contributed by atoms with van der Waals surface area (Å²) in [5, 5.41) is 20.1. The second-order valence-corrected chi connectivity index (χ2v) is 4.21. The fourth-order valence-electron chi connectivity index (χ4n) is 1.67. The van der Waals surface area contributed by atoms with Crippen LogP contribution in [0.2, 0.25) is 0 Å². The lowest BCUT2D eigenvalue weighted by Gasteiger charge is -2.17. The summed E-state index contributed by atoms with van der Waals surface area (Å²) < 4.78 is 0. The van der Waals surface area contributed by atoms with Gasteiger partial charge < -0.3 is 10.0 Å². The van der Waals surface area contributed by atoms with Crippen LogP contribution < -0.4 is 4.90 Å². The second kappa shape index (κ2) is 5.99. The Bertz CT molecular complexity index is 535. The first kappa shape index (κ1) is 14.7. The fourth-order valence-corrected chi connectivity index (χ4v) is 1.67. The Morgan fingerprint density at radius 2 is 2.11 bits per heavy atom. The van der Waals surface area contributed by atoms with Gasteiger partial charge in [0, 0.05) is 35.8 Å². The van der Waals surface area contributed by atoms with E-state index in [0.29, 0.717) is 11.3 Å². The first-order valence-corrected chi connectivity index (χ1v) is 5.68. The van der Waals surface area contributed by atoms with Gasteiger partial charge in [-0.25, -0.2) is 0 Å². The number of nitrogens with zero attached hydrogens (tertiary/aromatic N) is 2. The summed E-state index contributed by atoms with van der Waals surface area (Å²) in [5.41, 5.74) is 1.37. The van der Waals surface area contributed by atoms with Gasteiger partial charge in [0.15, 0.2) is 0 Å². The van der Waals surface area contributed by atoms with Crippen molar-refractivity contribution in [3.63, 3.8) is 0 Å². The van der Waals surface area contributed by atoms with Crippen LogP contribution in [0.25, 0.3) is 5.76 Å². The van der Waals surface area contributed by atoms with Crippen molar-refractivity contribution < 1.29 is 14.8 Å². The molecule has 0 atom stereocenters. The number of Topliss-reactive ketones (excluding diaryl/α,β-unsaturated/α-hetero) is 1. The summed E-state index contributed by atoms with van der Waals surface area (Å²) >= 11 is 0. The van der Waals surface area contributed by atoms with Crippen molar-refractivity contribution in [3.8, 4) is 0 Å². The van der Waals surface area contributed by atoms with E-state index in [1.54, 1.807) is 38.1 Å². The number of hydrogen-bond donors (Lipinski definition) is 1. The maximum absolute atomic E-state index is 11.8. The average molecular weight is 264 g/mol. The molecule has 0 fully saturated rings. The molecule has 0 aliphatic carbocycles. The Kier molecular flexibility index (Phi) is 4.63. The standard InChI is InChI=1S/C13H16N2O4/c1-4-12(16)9-5-6-10(11(7-9)14(2)3)13(17)8-15(18)19/h4-7,16H,8H2,1-3H3/b12-4-. The van der Waals surface area contributed by atoms with Gasteiger partial charge >= 0.3 is 0 Å². The van der Waals surface area contributed by atoms with E-state index in [2.05, 4.69) is 0 Å². The molecule has 0 aliphatic heterocycles. The summed E-state index contributed by atoms with van der Waals surface area (Å²) in [4.78, 5) is 23.2. The molecule has 1 aromatic rings. The highest BCUT2D eigenvalue weighted by atomic mass is 16.6. The van der Waals surface area contributed by atoms with Gasteiger partial charge in [0.05, 0.1) is 0 Å². The molecule has 1 rings (SSSR count). The van der Waals surface area contributed by atoms with E-state index in [4.69, 9.17) is 0 Å². The Balaban J connectivity index is 3.26. The third kappa shape index (κ3) is 3.54. The van der Waals surface area contributed by atoms with Gasteiger partial charge in [0.1, 0.15) is 5.76 Å². The fraction of sp³-hybridized carbons (Fsp3) is 0.308. The van der Waals surface area contributed by atoms with Crippen LogP contribution in [0.1, 0.15) is 22.8 Å². The number of nitro groups is 1. The highest BCUT2D eigenvalue weighted by Gasteiger charge is 2.18. The molecule has 19 heavy (non-hydrogen) atoms. The number of aliphatic hydroxyl groups is 1. The lowest BCUT2D eigenvalue weighted by atomic mass is 10.0. The summed E-state index contributed by atoms with van der Waals surface area (Å²) in [6.45, 7) is 0.951. The third-order valence-corrected chi connectivity index (χ3v) is 2.62. The first-order valence-electron chi connectivity index (χ1n) is 5.68. The van der Waals surface area contributed by atoms with Gasteiger partial charge in [-0.05, 0) is 25.1 Å². The number of rotatable bonds is 5. The Morgan fingerprint density at radius 3 is 2.58 bits per heavy atom. The minimum absolute atomic E-state index is 0.0939. The number of ketones is 1. The zero-order valence-electron chi connectivity index (χ0n) is 11.1. The van der Waals surface area contributed by atoms with E-state index in [0.717, 1.165) is 0 Å². The maximum atomic E-state index is 11.8. The van der Waals surface area contributed by atoms with Crippen LogP contribution in [0.15, 0.2) is 24.3 Å². The van der Waals surface area contributed by atoms with E-state index in [-0.39, 0.29) is 11.3 Å². The van der Waals surface area contributed by atoms with Crippen LogP contribution in [-0.4, -0.2) is 36.5 Å². The molecule has 0 saturated carbocycles. The van der Waals surface area contributed by atoms with Crippen molar-refractivity contribution in [2.24, 2.45) is 0 Å². The topological polar surface area (TPSA) is 83.7 Å². The molecule has 102 valence electrons. The first-order chi connectivity index (χ1) is 8.86. The normalized spacial score (nSPS) is 11.2. The molecule has 6 heteroatoms. The molecule has 6 nitrogen and oxygen atoms in total. The Hall–Kier alpha value is -2.37. The molecule has 0 saturated heterocycles. The molecule has 0 spiro atoms. The van der Waals surface area contributed by atoms with Crippen LogP contribution in [-0.2, 0) is 0 Å². The molecule has 1 N–H and O–H groups in total. The minimum Gasteiger partial charge on any atom is -0.508 e. The monoisotopic (exact) mass is 264 g/mol. The van der Waals surface area contributed by atoms with Gasteiger partial charge in [-0.1, -0.05) is 6.07 Å². The number of aliphatic hydroxyl groups excluding tert-OH is 1. The van der Waals surface area contributed by atoms with E-state index < -0.39 is 17.3 Å². The predicted octanol–water partition coefficient (Wildman–Crippen LogP) is 2.13. The van der Waals surface area contributed by atoms with Crippen molar-refractivity contribution in [1.29, 1.82) is 0 Å². The van der Waals surface area contributed by atoms with Gasteiger partial charge in [-0.15, -0.1) is 0 Å². The van der Waals surface area contributed by atoms with Gasteiger partial charge in [0.2, 0.25) is 5.78 Å². The van der Waals surface area contributed by atoms with Gasteiger partial charge in [-0.2, -0.15) is 0 Å². The largest absolute Gasteiger partial charge is 0.508 e. The van der Waals surface area contributed by atoms with E-state index in [1.165, 1.54) is 12.1 Å². The number of benzene rings is 1. The number of anilines is 1. The lowest BCUT2D eigenvalue weighted by Crippen LogP contribution is -2.19. The lowest BCUT2D eigenvalue weighted by molar-refractivity contribution is -0.465. The molecule has 0 unspecified atom stereocenters. The van der Waals surface area contributed by atoms with Crippen molar-refractivity contribution in [2.45, 2.75) is 6.92 Å². The van der Waals surface area contributed by atoms with Gasteiger partial charge in [0.25, 0.3) is 6.54 Å². The zero-order valence-corrected chi connectivity index (χ0v) is 11.1. The van der Waals surface area contributed by atoms with Crippen molar-refractivity contribution in [2.75, 3.05) is 25.5 Å². The third-order valence-electron chi connectivity index (χ3n) is 2.62. The predicted molar refractivity (Wildman–Crippen MR) is 73.2 cm³/mol. The second-order valence-electron chi connectivity index (χ2n) is 4.21. The van der Waals surface area contributed by atoms with Crippen molar-refractivity contribution >= 4 is 17.2 Å². The summed E-state index contributed by atoms with van der Waals surface area (Å²) in [7, 11) is 3.46. The highest BCUT2D eigenvalue weighted by molar-refractivity contribution is 6.02. The molecular formula is C13H16N2O4. The Labute approximate surface area is 111 Å². The van der Waals surface area contributed by atoms with Crippen LogP contribution in [0.4, 0.5) is 5.69 Å². The van der Waals surface area contributed by atoms with Crippen LogP contribution in [0.5, 0.6) is 0 Å². The molecule has 0 aromatic heterocycles. The molecule has 0 bridgehead atoms. The van der Waals surface area contributed by atoms with Crippen molar-refractivity contribution in [1.82, 2.24) is 0 Å². The smallest absolute Gasteiger partial charge is 0.265 e. The molecule has 0 radical (unpaired) electrons. The van der Waals surface area contributed by atoms with E-state index in [1.807, 2.05) is 0 Å². The van der Waals surface area contributed by atoms with Crippen molar-refractivity contribution in [3.05, 3.63) is 45.5 Å². The number of carbonyl (C=O) groups excluding carboxylic acids is 1. The zero-order chi connectivity index (χ0) is 14.6. The molecule has 0 aliphatic rings. The average Bonchev–Trinajstić information content (AvgIpc) is 2.36. The van der Waals surface area contributed by atoms with Crippen LogP contribution in [0, 0.1) is 10.1 Å². The number of carbonyl (C=O) groups is 1. The summed E-state index contributed by atoms with van der Waals surface area (Å²) in [6.07, 6.45) is 1.54. The number of hydrogen-bond acceptors (Lipinski definition) is 5. The van der Waals surface area contributed by atoms with E-state index >= 15 is 0 Å². The number of allylic oxidation sites excluding steroid dienone is 1. The maximum Gasteiger partial charge on any atom is 0.265 e. The molecule has 1 aromatic carbocycles. The Morgan fingerprint density at radius 1 is 1.47 bits per heavy atom. The quantitative estimate of drug-likeness (QED) is 0.381. The SMILES string of the molecule is C/C=C(\O)c1ccc(C(=O)C[N+](=O)[O-])c(N(C)C)c1. The molecule has 0 heterocycles. The molecular weight excluding hydrogens is 248 g/mol. The van der Waals surface area contributed by atoms with Crippen LogP contribution in [0.3, 0.4) is 0 Å². The minimum atomic E-state index is -0.740.